The van der Waals surface area contributed by atoms with E-state index >= 15 is 0 Å². The average Bonchev–Trinajstić information content (AvgIpc) is 3.04. The van der Waals surface area contributed by atoms with Gasteiger partial charge >= 0.3 is 0 Å². The molecule has 1 aliphatic rings. The quantitative estimate of drug-likeness (QED) is 0.802. The van der Waals surface area contributed by atoms with E-state index in [1.54, 1.807) is 13.3 Å². The van der Waals surface area contributed by atoms with Crippen molar-refractivity contribution in [3.05, 3.63) is 18.1 Å². The van der Waals surface area contributed by atoms with Crippen molar-refractivity contribution in [2.75, 3.05) is 19.0 Å². The lowest BCUT2D eigenvalue weighted by atomic mass is 10.2. The minimum absolute atomic E-state index is 0.0728. The highest BCUT2D eigenvalue weighted by Gasteiger charge is 2.34. The van der Waals surface area contributed by atoms with Gasteiger partial charge in [0.15, 0.2) is 5.82 Å². The molecule has 0 amide bonds. The number of ether oxygens (including phenoxy) is 1. The summed E-state index contributed by atoms with van der Waals surface area (Å²) >= 11 is 0. The maximum Gasteiger partial charge on any atom is 0.159 e. The van der Waals surface area contributed by atoms with Crippen LogP contribution in [0.25, 0.3) is 0 Å². The molecule has 1 fully saturated rings. The molecule has 1 unspecified atom stereocenters. The van der Waals surface area contributed by atoms with Crippen molar-refractivity contribution in [1.82, 2.24) is 9.97 Å². The van der Waals surface area contributed by atoms with E-state index < -0.39 is 0 Å². The van der Waals surface area contributed by atoms with Crippen molar-refractivity contribution in [1.29, 1.82) is 0 Å². The summed E-state index contributed by atoms with van der Waals surface area (Å²) < 4.78 is 5.44. The van der Waals surface area contributed by atoms with Gasteiger partial charge in [0.25, 0.3) is 0 Å². The molecular weight excluding hydrogens is 190 g/mol. The van der Waals surface area contributed by atoms with E-state index in [0.717, 1.165) is 18.2 Å². The molecule has 0 aliphatic heterocycles. The van der Waals surface area contributed by atoms with Crippen molar-refractivity contribution in [2.24, 2.45) is 5.92 Å². The van der Waals surface area contributed by atoms with E-state index in [1.165, 1.54) is 12.8 Å². The summed E-state index contributed by atoms with van der Waals surface area (Å²) in [5, 5.41) is 3.18. The van der Waals surface area contributed by atoms with Crippen LogP contribution in [-0.2, 0) is 4.74 Å². The summed E-state index contributed by atoms with van der Waals surface area (Å²) in [7, 11) is 1.73. The molecule has 1 aliphatic carbocycles. The van der Waals surface area contributed by atoms with E-state index in [-0.39, 0.29) is 6.10 Å². The normalized spacial score (nSPS) is 17.5. The Kier molecular flexibility index (Phi) is 3.16. The van der Waals surface area contributed by atoms with Gasteiger partial charge in [0.1, 0.15) is 11.9 Å². The number of methoxy groups -OCH3 is 1. The molecule has 4 heteroatoms. The van der Waals surface area contributed by atoms with Crippen LogP contribution in [0.4, 0.5) is 5.82 Å². The number of hydrogen-bond donors (Lipinski definition) is 1. The Morgan fingerprint density at radius 1 is 1.60 bits per heavy atom. The Morgan fingerprint density at radius 3 is 3.00 bits per heavy atom. The van der Waals surface area contributed by atoms with Crippen molar-refractivity contribution in [3.8, 4) is 0 Å². The molecule has 0 radical (unpaired) electrons. The fourth-order valence-electron chi connectivity index (χ4n) is 1.70. The predicted molar refractivity (Wildman–Crippen MR) is 58.7 cm³/mol. The maximum atomic E-state index is 5.44. The Balaban J connectivity index is 2.14. The van der Waals surface area contributed by atoms with Crippen LogP contribution in [0.5, 0.6) is 0 Å². The minimum atomic E-state index is 0.0728. The summed E-state index contributed by atoms with van der Waals surface area (Å²) in [6.45, 7) is 2.92. The largest absolute Gasteiger partial charge is 0.373 e. The summed E-state index contributed by atoms with van der Waals surface area (Å²) in [5.41, 5.74) is 0. The Morgan fingerprint density at radius 2 is 2.40 bits per heavy atom. The van der Waals surface area contributed by atoms with Crippen LogP contribution in [-0.4, -0.2) is 23.6 Å². The topological polar surface area (TPSA) is 47.0 Å². The maximum absolute atomic E-state index is 5.44. The first-order valence-corrected chi connectivity index (χ1v) is 5.44. The summed E-state index contributed by atoms with van der Waals surface area (Å²) in [5.74, 6) is 2.30. The highest BCUT2D eigenvalue weighted by atomic mass is 16.5. The molecule has 4 nitrogen and oxygen atoms in total. The van der Waals surface area contributed by atoms with Crippen molar-refractivity contribution in [2.45, 2.75) is 25.9 Å². The van der Waals surface area contributed by atoms with Gasteiger partial charge in [-0.3, -0.25) is 0 Å². The van der Waals surface area contributed by atoms with E-state index in [1.807, 2.05) is 6.07 Å². The van der Waals surface area contributed by atoms with Crippen LogP contribution in [0.3, 0.4) is 0 Å². The van der Waals surface area contributed by atoms with Crippen LogP contribution in [0.15, 0.2) is 12.3 Å². The van der Waals surface area contributed by atoms with E-state index in [0.29, 0.717) is 5.92 Å². The van der Waals surface area contributed by atoms with Crippen molar-refractivity contribution >= 4 is 5.82 Å². The molecule has 82 valence electrons. The van der Waals surface area contributed by atoms with Crippen LogP contribution in [0.2, 0.25) is 0 Å². The number of nitrogens with zero attached hydrogens (tertiary/aromatic N) is 2. The van der Waals surface area contributed by atoms with E-state index in [2.05, 4.69) is 22.2 Å². The zero-order valence-electron chi connectivity index (χ0n) is 9.23. The third-order valence-corrected chi connectivity index (χ3v) is 2.59. The standard InChI is InChI=1S/C11H17N3O/c1-3-12-9-6-7-13-11(14-9)10(15-2)8-4-5-8/h6-8,10H,3-5H2,1-2H3,(H,12,13,14). The van der Waals surface area contributed by atoms with Gasteiger partial charge in [-0.1, -0.05) is 0 Å². The first-order chi connectivity index (χ1) is 7.35. The van der Waals surface area contributed by atoms with Crippen LogP contribution >= 0.6 is 0 Å². The zero-order chi connectivity index (χ0) is 10.7. The lowest BCUT2D eigenvalue weighted by molar-refractivity contribution is 0.0773. The number of hydrogen-bond acceptors (Lipinski definition) is 4. The SMILES string of the molecule is CCNc1ccnc(C(OC)C2CC2)n1. The molecule has 1 aromatic heterocycles. The van der Waals surface area contributed by atoms with Crippen LogP contribution in [0.1, 0.15) is 31.7 Å². The van der Waals surface area contributed by atoms with Gasteiger partial charge in [0, 0.05) is 19.9 Å². The molecule has 0 aromatic carbocycles. The molecule has 0 spiro atoms. The smallest absolute Gasteiger partial charge is 0.159 e. The summed E-state index contributed by atoms with van der Waals surface area (Å²) in [6.07, 6.45) is 4.32. The first kappa shape index (κ1) is 10.4. The number of anilines is 1. The van der Waals surface area contributed by atoms with Gasteiger partial charge in [-0.15, -0.1) is 0 Å². The molecule has 2 rings (SSSR count). The molecule has 1 atom stereocenters. The first-order valence-electron chi connectivity index (χ1n) is 5.44. The molecule has 1 saturated carbocycles. The zero-order valence-corrected chi connectivity index (χ0v) is 9.23. The summed E-state index contributed by atoms with van der Waals surface area (Å²) in [4.78, 5) is 8.73. The third kappa shape index (κ3) is 2.45. The Hall–Kier alpha value is -1.16. The average molecular weight is 207 g/mol. The lowest BCUT2D eigenvalue weighted by Gasteiger charge is -2.13. The van der Waals surface area contributed by atoms with Gasteiger partial charge in [-0.25, -0.2) is 9.97 Å². The molecule has 1 aromatic rings. The van der Waals surface area contributed by atoms with Gasteiger partial charge in [0.05, 0.1) is 0 Å². The monoisotopic (exact) mass is 207 g/mol. The molecule has 0 bridgehead atoms. The Bertz CT molecular complexity index is 325. The molecular formula is C11H17N3O. The van der Waals surface area contributed by atoms with Gasteiger partial charge < -0.3 is 10.1 Å². The van der Waals surface area contributed by atoms with Crippen molar-refractivity contribution in [3.63, 3.8) is 0 Å². The highest BCUT2D eigenvalue weighted by molar-refractivity contribution is 5.32. The number of aromatic nitrogens is 2. The Labute approximate surface area is 90.1 Å². The number of nitrogens with one attached hydrogen (secondary N) is 1. The van der Waals surface area contributed by atoms with Gasteiger partial charge in [0.2, 0.25) is 0 Å². The lowest BCUT2D eigenvalue weighted by Crippen LogP contribution is -2.10. The van der Waals surface area contributed by atoms with E-state index in [4.69, 9.17) is 4.74 Å². The second-order valence-electron chi connectivity index (χ2n) is 3.82. The fraction of sp³-hybridized carbons (Fsp3) is 0.636. The molecule has 0 saturated heterocycles. The van der Waals surface area contributed by atoms with Crippen molar-refractivity contribution < 1.29 is 4.74 Å². The highest BCUT2D eigenvalue weighted by Crippen LogP contribution is 2.41. The predicted octanol–water partition coefficient (Wildman–Crippen LogP) is 2.01. The number of rotatable bonds is 5. The van der Waals surface area contributed by atoms with E-state index in [9.17, 15) is 0 Å². The summed E-state index contributed by atoms with van der Waals surface area (Å²) in [6, 6.07) is 1.88. The molecule has 1 heterocycles. The van der Waals surface area contributed by atoms with Crippen LogP contribution in [0, 0.1) is 5.92 Å². The third-order valence-electron chi connectivity index (χ3n) is 2.59. The second-order valence-corrected chi connectivity index (χ2v) is 3.82. The second kappa shape index (κ2) is 4.57. The molecule has 1 N–H and O–H groups in total. The van der Waals surface area contributed by atoms with Gasteiger partial charge in [-0.05, 0) is 31.7 Å². The fourth-order valence-corrected chi connectivity index (χ4v) is 1.70. The van der Waals surface area contributed by atoms with Crippen LogP contribution < -0.4 is 5.32 Å². The minimum Gasteiger partial charge on any atom is -0.373 e. The van der Waals surface area contributed by atoms with Gasteiger partial charge in [-0.2, -0.15) is 0 Å². The molecule has 15 heavy (non-hydrogen) atoms.